The summed E-state index contributed by atoms with van der Waals surface area (Å²) >= 11 is 0. The largest absolute Gasteiger partial charge is 0.489 e. The van der Waals surface area contributed by atoms with Gasteiger partial charge >= 0.3 is 25.1 Å². The Kier molecular flexibility index (Phi) is 5.53. The number of hydrogen-bond donors (Lipinski definition) is 4. The normalized spacial score (nSPS) is 12.9. The van der Waals surface area contributed by atoms with Gasteiger partial charge in [-0.2, -0.15) is 30.7 Å². The molecular weight excluding hydrogens is 352 g/mol. The van der Waals surface area contributed by atoms with Crippen LogP contribution in [0.25, 0.3) is 0 Å². The second-order valence-electron chi connectivity index (χ2n) is 4.57. The SMILES string of the molecule is NCC(=O)Nc1ccc(C(F)(F)C(F)(F)C(F)(F)F)c(B(O)O)c1. The van der Waals surface area contributed by atoms with Crippen LogP contribution in [0.2, 0.25) is 0 Å². The third-order valence-electron chi connectivity index (χ3n) is 2.89. The summed E-state index contributed by atoms with van der Waals surface area (Å²) in [5.41, 5.74) is 1.32. The minimum Gasteiger partial charge on any atom is -0.423 e. The van der Waals surface area contributed by atoms with E-state index in [9.17, 15) is 35.5 Å². The van der Waals surface area contributed by atoms with E-state index in [0.717, 1.165) is 0 Å². The topological polar surface area (TPSA) is 95.6 Å². The van der Waals surface area contributed by atoms with Crippen LogP contribution in [0.4, 0.5) is 36.4 Å². The highest BCUT2D eigenvalue weighted by atomic mass is 19.4. The molecule has 0 saturated heterocycles. The first kappa shape index (κ1) is 20.2. The highest BCUT2D eigenvalue weighted by molar-refractivity contribution is 6.59. The molecule has 0 atom stereocenters. The van der Waals surface area contributed by atoms with Crippen LogP contribution in [0.3, 0.4) is 0 Å². The van der Waals surface area contributed by atoms with Gasteiger partial charge in [-0.15, -0.1) is 0 Å². The number of carbonyl (C=O) groups excluding carboxylic acids is 1. The molecule has 0 saturated carbocycles. The number of anilines is 1. The molecule has 5 nitrogen and oxygen atoms in total. The van der Waals surface area contributed by atoms with Crippen molar-refractivity contribution >= 4 is 24.2 Å². The van der Waals surface area contributed by atoms with Gasteiger partial charge in [0.15, 0.2) is 0 Å². The Balaban J connectivity index is 3.45. The molecule has 1 rings (SSSR count). The molecule has 13 heteroatoms. The first-order valence-corrected chi connectivity index (χ1v) is 6.08. The molecule has 134 valence electrons. The van der Waals surface area contributed by atoms with Gasteiger partial charge in [0.1, 0.15) is 0 Å². The third kappa shape index (κ3) is 3.62. The summed E-state index contributed by atoms with van der Waals surface area (Å²) in [5.74, 6) is -13.1. The summed E-state index contributed by atoms with van der Waals surface area (Å²) in [6, 6.07) is 1.14. The number of hydrogen-bond acceptors (Lipinski definition) is 4. The minimum absolute atomic E-state index is 0.126. The monoisotopic (exact) mass is 362 g/mol. The fourth-order valence-corrected chi connectivity index (χ4v) is 1.70. The van der Waals surface area contributed by atoms with Crippen molar-refractivity contribution in [1.82, 2.24) is 0 Å². The molecule has 24 heavy (non-hydrogen) atoms. The highest BCUT2D eigenvalue weighted by Gasteiger charge is 2.74. The lowest BCUT2D eigenvalue weighted by molar-refractivity contribution is -0.359. The van der Waals surface area contributed by atoms with Crippen molar-refractivity contribution in [3.05, 3.63) is 23.8 Å². The number of nitrogens with one attached hydrogen (secondary N) is 1. The summed E-state index contributed by atoms with van der Waals surface area (Å²) in [7, 11) is -2.80. The zero-order valence-electron chi connectivity index (χ0n) is 11.5. The predicted octanol–water partition coefficient (Wildman–Crippen LogP) is 0.553. The van der Waals surface area contributed by atoms with Gasteiger partial charge in [-0.1, -0.05) is 6.07 Å². The lowest BCUT2D eigenvalue weighted by Crippen LogP contribution is -2.53. The molecule has 0 bridgehead atoms. The molecule has 0 spiro atoms. The third-order valence-corrected chi connectivity index (χ3v) is 2.89. The minimum atomic E-state index is -6.58. The maximum absolute atomic E-state index is 13.7. The predicted molar refractivity (Wildman–Crippen MR) is 68.8 cm³/mol. The van der Waals surface area contributed by atoms with Crippen molar-refractivity contribution in [3.63, 3.8) is 0 Å². The summed E-state index contributed by atoms with van der Waals surface area (Å²) in [6.07, 6.45) is -6.58. The zero-order valence-corrected chi connectivity index (χ0v) is 11.5. The van der Waals surface area contributed by atoms with Crippen molar-refractivity contribution in [3.8, 4) is 0 Å². The van der Waals surface area contributed by atoms with Crippen molar-refractivity contribution in [2.75, 3.05) is 11.9 Å². The highest BCUT2D eigenvalue weighted by Crippen LogP contribution is 2.51. The number of halogens is 7. The van der Waals surface area contributed by atoms with Crippen LogP contribution in [-0.4, -0.2) is 41.7 Å². The molecule has 0 radical (unpaired) electrons. The van der Waals surface area contributed by atoms with E-state index >= 15 is 0 Å². The maximum Gasteiger partial charge on any atom is 0.489 e. The van der Waals surface area contributed by atoms with Gasteiger partial charge in [0.25, 0.3) is 0 Å². The first-order chi connectivity index (χ1) is 10.8. The number of amides is 1. The number of rotatable bonds is 5. The quantitative estimate of drug-likeness (QED) is 0.455. The summed E-state index contributed by atoms with van der Waals surface area (Å²) < 4.78 is 90.2. The Morgan fingerprint density at radius 3 is 2.08 bits per heavy atom. The van der Waals surface area contributed by atoms with Gasteiger partial charge in [0, 0.05) is 11.3 Å². The molecule has 1 aromatic carbocycles. The van der Waals surface area contributed by atoms with Crippen LogP contribution in [-0.2, 0) is 10.7 Å². The number of carbonyl (C=O) groups is 1. The molecule has 0 unspecified atom stereocenters. The van der Waals surface area contributed by atoms with E-state index in [2.05, 4.69) is 0 Å². The number of nitrogens with two attached hydrogens (primary N) is 1. The standard InChI is InChI=1S/C11H10BF7N2O3/c13-9(14,10(15,16)11(17,18)19)6-2-1-5(21-8(22)4-20)3-7(6)12(23)24/h1-3,23-24H,4,20H2,(H,21,22). The van der Waals surface area contributed by atoms with Crippen LogP contribution >= 0.6 is 0 Å². The molecule has 0 aromatic heterocycles. The average molecular weight is 362 g/mol. The Hall–Kier alpha value is -1.86. The molecular formula is C11H10BF7N2O3. The van der Waals surface area contributed by atoms with Gasteiger partial charge in [-0.3, -0.25) is 4.79 Å². The Bertz CT molecular complexity index is 622. The second kappa shape index (κ2) is 6.57. The number of alkyl halides is 7. The van der Waals surface area contributed by atoms with Gasteiger partial charge in [0.2, 0.25) is 5.91 Å². The summed E-state index contributed by atoms with van der Waals surface area (Å²) in [5, 5.41) is 20.0. The van der Waals surface area contributed by atoms with Crippen molar-refractivity contribution in [1.29, 1.82) is 0 Å². The van der Waals surface area contributed by atoms with Crippen molar-refractivity contribution in [2.24, 2.45) is 5.73 Å². The van der Waals surface area contributed by atoms with E-state index in [1.807, 2.05) is 5.32 Å². The van der Waals surface area contributed by atoms with Crippen LogP contribution in [0.1, 0.15) is 5.56 Å². The van der Waals surface area contributed by atoms with Gasteiger partial charge < -0.3 is 21.1 Å². The number of benzene rings is 1. The van der Waals surface area contributed by atoms with Crippen LogP contribution < -0.4 is 16.5 Å². The van der Waals surface area contributed by atoms with Gasteiger partial charge in [0.05, 0.1) is 6.54 Å². The lowest BCUT2D eigenvalue weighted by atomic mass is 9.74. The van der Waals surface area contributed by atoms with Crippen molar-refractivity contribution in [2.45, 2.75) is 18.0 Å². The van der Waals surface area contributed by atoms with Crippen molar-refractivity contribution < 1.29 is 45.6 Å². The van der Waals surface area contributed by atoms with E-state index in [-0.39, 0.29) is 11.8 Å². The summed E-state index contributed by atoms with van der Waals surface area (Å²) in [6.45, 7) is -0.541. The van der Waals surface area contributed by atoms with Crippen LogP contribution in [0.5, 0.6) is 0 Å². The molecule has 1 amide bonds. The Morgan fingerprint density at radius 1 is 1.12 bits per heavy atom. The molecule has 0 heterocycles. The zero-order chi connectivity index (χ0) is 18.9. The van der Waals surface area contributed by atoms with E-state index in [1.165, 1.54) is 0 Å². The smallest absolute Gasteiger partial charge is 0.423 e. The molecule has 0 aliphatic carbocycles. The second-order valence-corrected chi connectivity index (χ2v) is 4.57. The van der Waals surface area contributed by atoms with Gasteiger partial charge in [-0.05, 0) is 17.6 Å². The lowest BCUT2D eigenvalue weighted by Gasteiger charge is -2.30. The van der Waals surface area contributed by atoms with E-state index in [0.29, 0.717) is 12.1 Å². The first-order valence-electron chi connectivity index (χ1n) is 6.08. The molecule has 0 aliphatic heterocycles. The van der Waals surface area contributed by atoms with E-state index in [4.69, 9.17) is 15.8 Å². The van der Waals surface area contributed by atoms with Gasteiger partial charge in [-0.25, -0.2) is 0 Å². The fraction of sp³-hybridized carbons (Fsp3) is 0.364. The molecule has 0 aliphatic rings. The fourth-order valence-electron chi connectivity index (χ4n) is 1.70. The molecule has 5 N–H and O–H groups in total. The average Bonchev–Trinajstić information content (AvgIpc) is 2.45. The maximum atomic E-state index is 13.7. The summed E-state index contributed by atoms with van der Waals surface area (Å²) in [4.78, 5) is 11.1. The van der Waals surface area contributed by atoms with E-state index in [1.54, 1.807) is 0 Å². The molecule has 1 aromatic rings. The Morgan fingerprint density at radius 2 is 1.67 bits per heavy atom. The Labute approximate surface area is 130 Å². The van der Waals surface area contributed by atoms with Crippen LogP contribution in [0, 0.1) is 0 Å². The van der Waals surface area contributed by atoms with E-state index < -0.39 is 48.6 Å². The van der Waals surface area contributed by atoms with Crippen LogP contribution in [0.15, 0.2) is 18.2 Å². The molecule has 0 fully saturated rings.